The Bertz CT molecular complexity index is 232. The molecule has 0 radical (unpaired) electrons. The molecule has 2 atom stereocenters. The van der Waals surface area contributed by atoms with Gasteiger partial charge in [-0.1, -0.05) is 0 Å². The second-order valence-electron chi connectivity index (χ2n) is 2.99. The fourth-order valence-electron chi connectivity index (χ4n) is 0.977. The highest BCUT2D eigenvalue weighted by Crippen LogP contribution is 1.96. The molecule has 0 aliphatic rings. The van der Waals surface area contributed by atoms with Gasteiger partial charge in [0.25, 0.3) is 0 Å². The van der Waals surface area contributed by atoms with E-state index in [1.807, 2.05) is 0 Å². The van der Waals surface area contributed by atoms with Crippen LogP contribution in [0, 0.1) is 0 Å². The smallest absolute Gasteiger partial charge is 0.320 e. The molecular formula is C9H17NO6. The molecule has 94 valence electrons. The Kier molecular flexibility index (Phi) is 7.44. The number of aliphatic hydroxyl groups is 1. The first kappa shape index (κ1) is 14.8. The highest BCUT2D eigenvalue weighted by atomic mass is 16.6. The predicted octanol–water partition coefficient (Wildman–Crippen LogP) is -0.705. The fraction of sp³-hybridized carbons (Fsp3) is 0.778. The molecule has 0 saturated heterocycles. The summed E-state index contributed by atoms with van der Waals surface area (Å²) in [7, 11) is 0. The molecule has 7 nitrogen and oxygen atoms in total. The minimum atomic E-state index is -1.34. The standard InChI is InChI=1S/C9H17NO6/c1-3-15-9(14)10-7(8(12)13)4-5-16-6(2)11/h7,9-10,14H,3-5H2,1-2H3,(H,12,13)/t7-,9?/m0/s1. The van der Waals surface area contributed by atoms with Crippen molar-refractivity contribution < 1.29 is 29.3 Å². The SMILES string of the molecule is CCOC(O)N[C@@H](CCOC(C)=O)C(=O)O. The summed E-state index contributed by atoms with van der Waals surface area (Å²) in [6.07, 6.45) is -1.29. The minimum absolute atomic E-state index is 0.0296. The lowest BCUT2D eigenvalue weighted by Gasteiger charge is -2.18. The van der Waals surface area contributed by atoms with Crippen molar-refractivity contribution in [1.82, 2.24) is 5.32 Å². The van der Waals surface area contributed by atoms with Gasteiger partial charge in [0.1, 0.15) is 6.04 Å². The second-order valence-corrected chi connectivity index (χ2v) is 2.99. The quantitative estimate of drug-likeness (QED) is 0.377. The first-order valence-electron chi connectivity index (χ1n) is 4.89. The number of aliphatic carboxylic acids is 1. The van der Waals surface area contributed by atoms with E-state index in [1.165, 1.54) is 6.92 Å². The topological polar surface area (TPSA) is 105 Å². The van der Waals surface area contributed by atoms with Crippen LogP contribution in [0.15, 0.2) is 0 Å². The summed E-state index contributed by atoms with van der Waals surface area (Å²) < 4.78 is 9.32. The maximum Gasteiger partial charge on any atom is 0.320 e. The van der Waals surface area contributed by atoms with Crippen molar-refractivity contribution in [2.24, 2.45) is 0 Å². The Hall–Kier alpha value is -1.18. The maximum atomic E-state index is 10.7. The van der Waals surface area contributed by atoms with E-state index in [0.717, 1.165) is 0 Å². The fourth-order valence-corrected chi connectivity index (χ4v) is 0.977. The maximum absolute atomic E-state index is 10.7. The molecule has 0 rings (SSSR count). The van der Waals surface area contributed by atoms with E-state index >= 15 is 0 Å². The number of hydrogen-bond acceptors (Lipinski definition) is 6. The second kappa shape index (κ2) is 8.03. The van der Waals surface area contributed by atoms with Gasteiger partial charge in [0.05, 0.1) is 6.61 Å². The van der Waals surface area contributed by atoms with Crippen molar-refractivity contribution >= 4 is 11.9 Å². The number of carboxylic acid groups (broad SMARTS) is 1. The van der Waals surface area contributed by atoms with E-state index in [4.69, 9.17) is 9.84 Å². The van der Waals surface area contributed by atoms with Crippen LogP contribution in [0.25, 0.3) is 0 Å². The van der Waals surface area contributed by atoms with E-state index in [0.29, 0.717) is 0 Å². The van der Waals surface area contributed by atoms with Gasteiger partial charge >= 0.3 is 11.9 Å². The number of aliphatic hydroxyl groups excluding tert-OH is 1. The lowest BCUT2D eigenvalue weighted by Crippen LogP contribution is -2.45. The molecule has 0 aliphatic heterocycles. The summed E-state index contributed by atoms with van der Waals surface area (Å²) in [5.41, 5.74) is 0. The minimum Gasteiger partial charge on any atom is -0.480 e. The number of carbonyl (C=O) groups is 2. The summed E-state index contributed by atoms with van der Waals surface area (Å²) in [5, 5.41) is 20.3. The molecule has 3 N–H and O–H groups in total. The summed E-state index contributed by atoms with van der Waals surface area (Å²) in [4.78, 5) is 21.2. The number of hydrogen-bond donors (Lipinski definition) is 3. The predicted molar refractivity (Wildman–Crippen MR) is 53.4 cm³/mol. The lowest BCUT2D eigenvalue weighted by molar-refractivity contribution is -0.153. The highest BCUT2D eigenvalue weighted by molar-refractivity contribution is 5.73. The molecule has 0 amide bonds. The zero-order valence-corrected chi connectivity index (χ0v) is 9.30. The van der Waals surface area contributed by atoms with Crippen LogP contribution in [0.2, 0.25) is 0 Å². The van der Waals surface area contributed by atoms with Gasteiger partial charge in [-0.25, -0.2) is 0 Å². The zero-order chi connectivity index (χ0) is 12.6. The molecule has 0 aliphatic carbocycles. The van der Waals surface area contributed by atoms with Crippen molar-refractivity contribution in [3.8, 4) is 0 Å². The molecule has 0 aromatic rings. The van der Waals surface area contributed by atoms with Crippen LogP contribution in [0.5, 0.6) is 0 Å². The number of carbonyl (C=O) groups excluding carboxylic acids is 1. The molecule has 0 spiro atoms. The molecule has 16 heavy (non-hydrogen) atoms. The molecule has 0 aromatic carbocycles. The van der Waals surface area contributed by atoms with Crippen LogP contribution in [0.1, 0.15) is 20.3 Å². The Balaban J connectivity index is 3.97. The number of rotatable bonds is 8. The number of carboxylic acids is 1. The molecule has 0 aromatic heterocycles. The van der Waals surface area contributed by atoms with E-state index in [2.05, 4.69) is 10.1 Å². The van der Waals surface area contributed by atoms with Crippen LogP contribution >= 0.6 is 0 Å². The van der Waals surface area contributed by atoms with E-state index < -0.39 is 24.4 Å². The number of nitrogens with one attached hydrogen (secondary N) is 1. The van der Waals surface area contributed by atoms with Gasteiger partial charge in [0.15, 0.2) is 0 Å². The molecule has 0 saturated carbocycles. The molecule has 1 unspecified atom stereocenters. The van der Waals surface area contributed by atoms with Gasteiger partial charge in [0, 0.05) is 20.0 Å². The van der Waals surface area contributed by atoms with Crippen LogP contribution in [0.4, 0.5) is 0 Å². The highest BCUT2D eigenvalue weighted by Gasteiger charge is 2.20. The molecular weight excluding hydrogens is 218 g/mol. The average Bonchev–Trinajstić information content (AvgIpc) is 2.15. The average molecular weight is 235 g/mol. The summed E-state index contributed by atoms with van der Waals surface area (Å²) in [5.74, 6) is -1.62. The third-order valence-electron chi connectivity index (χ3n) is 1.68. The first-order chi connectivity index (χ1) is 7.47. The third-order valence-corrected chi connectivity index (χ3v) is 1.68. The normalized spacial score (nSPS) is 14.2. The zero-order valence-electron chi connectivity index (χ0n) is 9.30. The van der Waals surface area contributed by atoms with Crippen molar-refractivity contribution in [1.29, 1.82) is 0 Å². The first-order valence-corrected chi connectivity index (χ1v) is 4.89. The summed E-state index contributed by atoms with van der Waals surface area (Å²) in [6, 6.07) is -1.03. The van der Waals surface area contributed by atoms with Gasteiger partial charge in [-0.15, -0.1) is 0 Å². The molecule has 0 fully saturated rings. The summed E-state index contributed by atoms with van der Waals surface area (Å²) in [6.45, 7) is 3.13. The van der Waals surface area contributed by atoms with Gasteiger partial charge in [-0.05, 0) is 6.92 Å². The Labute approximate surface area is 93.3 Å². The van der Waals surface area contributed by atoms with Crippen molar-refractivity contribution in [3.05, 3.63) is 0 Å². The van der Waals surface area contributed by atoms with Gasteiger partial charge in [-0.3, -0.25) is 14.9 Å². The van der Waals surface area contributed by atoms with Crippen molar-refractivity contribution in [3.63, 3.8) is 0 Å². The molecule has 0 heterocycles. The van der Waals surface area contributed by atoms with E-state index in [-0.39, 0.29) is 19.6 Å². The lowest BCUT2D eigenvalue weighted by atomic mass is 10.2. The number of ether oxygens (including phenoxy) is 2. The Morgan fingerprint density at radius 3 is 2.50 bits per heavy atom. The van der Waals surface area contributed by atoms with Crippen LogP contribution in [-0.2, 0) is 19.1 Å². The van der Waals surface area contributed by atoms with Crippen LogP contribution in [0.3, 0.4) is 0 Å². The van der Waals surface area contributed by atoms with Gasteiger partial charge in [0.2, 0.25) is 6.41 Å². The Morgan fingerprint density at radius 2 is 2.06 bits per heavy atom. The van der Waals surface area contributed by atoms with Crippen LogP contribution in [-0.4, -0.2) is 47.8 Å². The third kappa shape index (κ3) is 7.16. The van der Waals surface area contributed by atoms with Crippen molar-refractivity contribution in [2.75, 3.05) is 13.2 Å². The van der Waals surface area contributed by atoms with E-state index in [9.17, 15) is 14.7 Å². The largest absolute Gasteiger partial charge is 0.480 e. The summed E-state index contributed by atoms with van der Waals surface area (Å²) >= 11 is 0. The van der Waals surface area contributed by atoms with Gasteiger partial charge in [-0.2, -0.15) is 0 Å². The van der Waals surface area contributed by atoms with Gasteiger partial charge < -0.3 is 19.7 Å². The molecule has 0 bridgehead atoms. The van der Waals surface area contributed by atoms with Crippen LogP contribution < -0.4 is 5.32 Å². The van der Waals surface area contributed by atoms with Crippen molar-refractivity contribution in [2.45, 2.75) is 32.7 Å². The monoisotopic (exact) mass is 235 g/mol. The number of esters is 1. The van der Waals surface area contributed by atoms with E-state index in [1.54, 1.807) is 6.92 Å². The molecule has 7 heteroatoms. The Morgan fingerprint density at radius 1 is 1.44 bits per heavy atom.